The molecule has 0 aliphatic heterocycles. The van der Waals surface area contributed by atoms with Crippen LogP contribution in [0.3, 0.4) is 0 Å². The van der Waals surface area contributed by atoms with E-state index in [1.54, 1.807) is 6.07 Å². The van der Waals surface area contributed by atoms with Crippen LogP contribution in [0.15, 0.2) is 30.3 Å². The summed E-state index contributed by atoms with van der Waals surface area (Å²) in [6, 6.07) is 7.67. The summed E-state index contributed by atoms with van der Waals surface area (Å²) in [5.74, 6) is -0.506. The number of nitro benzene ring substituents is 1. The summed E-state index contributed by atoms with van der Waals surface area (Å²) in [7, 11) is 0. The van der Waals surface area contributed by atoms with Crippen molar-refractivity contribution in [3.05, 3.63) is 55.8 Å². The number of esters is 1. The molecule has 1 N–H and O–H groups in total. The lowest BCUT2D eigenvalue weighted by Gasteiger charge is -2.19. The van der Waals surface area contributed by atoms with Gasteiger partial charge in [0.2, 0.25) is 0 Å². The number of para-hydroxylation sites is 2. The number of nitrogens with one attached hydrogen (secondary N) is 1. The number of carbonyl (C=O) groups is 2. The Morgan fingerprint density at radius 1 is 1.37 bits per heavy atom. The fraction of sp³-hybridized carbons (Fsp3) is 0.368. The molecule has 27 heavy (non-hydrogen) atoms. The maximum atomic E-state index is 12.2. The van der Waals surface area contributed by atoms with Gasteiger partial charge in [0, 0.05) is 10.9 Å². The second-order valence-electron chi connectivity index (χ2n) is 6.47. The molecule has 0 spiro atoms. The number of nitrogens with zero attached hydrogens (tertiary/aromatic N) is 1. The first-order chi connectivity index (χ1) is 13.0. The number of aryl methyl sites for hydroxylation is 1. The minimum atomic E-state index is -0.620. The Morgan fingerprint density at radius 2 is 2.15 bits per heavy atom. The van der Waals surface area contributed by atoms with E-state index in [2.05, 4.69) is 12.2 Å². The Morgan fingerprint density at radius 3 is 2.89 bits per heavy atom. The van der Waals surface area contributed by atoms with Crippen LogP contribution in [-0.2, 0) is 22.4 Å². The van der Waals surface area contributed by atoms with Crippen LogP contribution in [0.1, 0.15) is 39.9 Å². The molecule has 142 valence electrons. The lowest BCUT2D eigenvalue weighted by atomic mass is 9.87. The second-order valence-corrected chi connectivity index (χ2v) is 7.61. The molecule has 0 unspecified atom stereocenters. The van der Waals surface area contributed by atoms with Crippen LogP contribution in [0, 0.1) is 16.0 Å². The lowest BCUT2D eigenvalue weighted by molar-refractivity contribution is -0.383. The predicted molar refractivity (Wildman–Crippen MR) is 102 cm³/mol. The molecule has 7 nitrogen and oxygen atoms in total. The SMILES string of the molecule is CC[C@H]1CCc2sc(C(=O)OCC(=O)Nc3ccccc3[N+](=O)[O-])cc2C1. The summed E-state index contributed by atoms with van der Waals surface area (Å²) in [6.07, 6.45) is 4.22. The molecule has 2 aromatic rings. The molecular formula is C19H20N2O5S. The smallest absolute Gasteiger partial charge is 0.348 e. The van der Waals surface area contributed by atoms with E-state index in [4.69, 9.17) is 4.74 Å². The normalized spacial score (nSPS) is 15.7. The van der Waals surface area contributed by atoms with Crippen molar-refractivity contribution in [2.24, 2.45) is 5.92 Å². The van der Waals surface area contributed by atoms with E-state index in [0.717, 1.165) is 25.7 Å². The van der Waals surface area contributed by atoms with Crippen molar-refractivity contribution in [3.8, 4) is 0 Å². The van der Waals surface area contributed by atoms with Crippen molar-refractivity contribution < 1.29 is 19.2 Å². The molecule has 0 saturated heterocycles. The fourth-order valence-corrected chi connectivity index (χ4v) is 4.28. The number of carbonyl (C=O) groups excluding carboxylic acids is 2. The van der Waals surface area contributed by atoms with E-state index >= 15 is 0 Å². The van der Waals surface area contributed by atoms with Crippen molar-refractivity contribution in [1.82, 2.24) is 0 Å². The van der Waals surface area contributed by atoms with Gasteiger partial charge in [-0.3, -0.25) is 14.9 Å². The molecule has 1 aliphatic rings. The van der Waals surface area contributed by atoms with Gasteiger partial charge in [0.25, 0.3) is 11.6 Å². The Hall–Kier alpha value is -2.74. The zero-order chi connectivity index (χ0) is 19.4. The maximum Gasteiger partial charge on any atom is 0.348 e. The third-order valence-corrected chi connectivity index (χ3v) is 5.89. The molecule has 1 atom stereocenters. The third-order valence-electron chi connectivity index (χ3n) is 4.67. The number of rotatable bonds is 6. The highest BCUT2D eigenvalue weighted by molar-refractivity contribution is 7.14. The van der Waals surface area contributed by atoms with E-state index in [9.17, 15) is 19.7 Å². The number of ether oxygens (including phenoxy) is 1. The van der Waals surface area contributed by atoms with Gasteiger partial charge in [-0.15, -0.1) is 11.3 Å². The first-order valence-electron chi connectivity index (χ1n) is 8.80. The first kappa shape index (κ1) is 19.0. The summed E-state index contributed by atoms with van der Waals surface area (Å²) in [4.78, 5) is 36.3. The number of benzene rings is 1. The zero-order valence-corrected chi connectivity index (χ0v) is 15.7. The molecule has 0 radical (unpaired) electrons. The maximum absolute atomic E-state index is 12.2. The van der Waals surface area contributed by atoms with Gasteiger partial charge >= 0.3 is 5.97 Å². The molecule has 1 heterocycles. The van der Waals surface area contributed by atoms with E-state index in [-0.39, 0.29) is 11.4 Å². The van der Waals surface area contributed by atoms with E-state index < -0.39 is 23.4 Å². The van der Waals surface area contributed by atoms with Crippen LogP contribution in [0.4, 0.5) is 11.4 Å². The Bertz CT molecular complexity index is 877. The molecular weight excluding hydrogens is 368 g/mol. The Labute approximate surface area is 160 Å². The summed E-state index contributed by atoms with van der Waals surface area (Å²) in [5, 5.41) is 13.4. The van der Waals surface area contributed by atoms with Crippen molar-refractivity contribution in [1.29, 1.82) is 0 Å². The van der Waals surface area contributed by atoms with Gasteiger partial charge < -0.3 is 10.1 Å². The van der Waals surface area contributed by atoms with E-state index in [1.807, 2.05) is 6.07 Å². The number of nitro groups is 1. The summed E-state index contributed by atoms with van der Waals surface area (Å²) < 4.78 is 5.08. The highest BCUT2D eigenvalue weighted by atomic mass is 32.1. The van der Waals surface area contributed by atoms with Crippen LogP contribution in [0.25, 0.3) is 0 Å². The number of anilines is 1. The second kappa shape index (κ2) is 8.30. The molecule has 1 aromatic carbocycles. The number of amides is 1. The van der Waals surface area contributed by atoms with Crippen LogP contribution in [0.2, 0.25) is 0 Å². The summed E-state index contributed by atoms with van der Waals surface area (Å²) in [6.45, 7) is 1.68. The molecule has 1 amide bonds. The number of hydrogen-bond acceptors (Lipinski definition) is 6. The fourth-order valence-electron chi connectivity index (χ4n) is 3.18. The van der Waals surface area contributed by atoms with Crippen molar-refractivity contribution in [3.63, 3.8) is 0 Å². The molecule has 0 bridgehead atoms. The summed E-state index contributed by atoms with van der Waals surface area (Å²) >= 11 is 1.42. The molecule has 8 heteroatoms. The lowest BCUT2D eigenvalue weighted by Crippen LogP contribution is -2.21. The first-order valence-corrected chi connectivity index (χ1v) is 9.61. The van der Waals surface area contributed by atoms with Crippen molar-refractivity contribution in [2.75, 3.05) is 11.9 Å². The standard InChI is InChI=1S/C19H20N2O5S/c1-2-12-7-8-16-13(9-12)10-17(27-16)19(23)26-11-18(22)20-14-5-3-4-6-15(14)21(24)25/h3-6,10,12H,2,7-9,11H2,1H3,(H,20,22)/t12-/m0/s1. The van der Waals surface area contributed by atoms with Crippen LogP contribution in [-0.4, -0.2) is 23.4 Å². The third kappa shape index (κ3) is 4.51. The largest absolute Gasteiger partial charge is 0.451 e. The van der Waals surface area contributed by atoms with Crippen molar-refractivity contribution in [2.45, 2.75) is 32.6 Å². The average Bonchev–Trinajstić information content (AvgIpc) is 3.09. The number of hydrogen-bond donors (Lipinski definition) is 1. The van der Waals surface area contributed by atoms with Gasteiger partial charge in [-0.25, -0.2) is 4.79 Å². The van der Waals surface area contributed by atoms with Gasteiger partial charge in [-0.1, -0.05) is 25.5 Å². The molecule has 1 aromatic heterocycles. The summed E-state index contributed by atoms with van der Waals surface area (Å²) in [5.41, 5.74) is 1.06. The van der Waals surface area contributed by atoms with Gasteiger partial charge in [0.15, 0.2) is 6.61 Å². The quantitative estimate of drug-likeness (QED) is 0.459. The predicted octanol–water partition coefficient (Wildman–Crippen LogP) is 3.97. The highest BCUT2D eigenvalue weighted by Gasteiger charge is 2.23. The number of fused-ring (bicyclic) bond motifs is 1. The van der Waals surface area contributed by atoms with Crippen LogP contribution in [0.5, 0.6) is 0 Å². The molecule has 0 saturated carbocycles. The van der Waals surface area contributed by atoms with E-state index in [0.29, 0.717) is 10.8 Å². The zero-order valence-electron chi connectivity index (χ0n) is 14.9. The molecule has 0 fully saturated rings. The van der Waals surface area contributed by atoms with Crippen LogP contribution < -0.4 is 5.32 Å². The van der Waals surface area contributed by atoms with E-state index in [1.165, 1.54) is 40.0 Å². The minimum absolute atomic E-state index is 0.0701. The number of thiophene rings is 1. The monoisotopic (exact) mass is 388 g/mol. The van der Waals surface area contributed by atoms with Crippen LogP contribution >= 0.6 is 11.3 Å². The highest BCUT2D eigenvalue weighted by Crippen LogP contribution is 2.33. The van der Waals surface area contributed by atoms with Gasteiger partial charge in [-0.05, 0) is 42.9 Å². The molecule has 1 aliphatic carbocycles. The van der Waals surface area contributed by atoms with Gasteiger partial charge in [0.05, 0.1) is 4.92 Å². The van der Waals surface area contributed by atoms with Gasteiger partial charge in [-0.2, -0.15) is 0 Å². The topological polar surface area (TPSA) is 98.5 Å². The average molecular weight is 388 g/mol. The minimum Gasteiger partial charge on any atom is -0.451 e. The van der Waals surface area contributed by atoms with Gasteiger partial charge in [0.1, 0.15) is 10.6 Å². The Kier molecular flexibility index (Phi) is 5.85. The Balaban J connectivity index is 1.58. The molecule has 3 rings (SSSR count). The van der Waals surface area contributed by atoms with Crippen molar-refractivity contribution >= 4 is 34.6 Å².